The van der Waals surface area contributed by atoms with Crippen molar-refractivity contribution < 1.29 is 0 Å². The molecule has 0 unspecified atom stereocenters. The first-order chi connectivity index (χ1) is 14.2. The van der Waals surface area contributed by atoms with Crippen LogP contribution in [0.3, 0.4) is 0 Å². The molecule has 2 nitrogen and oxygen atoms in total. The predicted molar refractivity (Wildman–Crippen MR) is 127 cm³/mol. The average Bonchev–Trinajstić information content (AvgIpc) is 3.54. The zero-order valence-electron chi connectivity index (χ0n) is 14.7. The first-order valence-corrected chi connectivity index (χ1v) is 12.6. The summed E-state index contributed by atoms with van der Waals surface area (Å²) in [5.74, 6) is 0. The van der Waals surface area contributed by atoms with Gasteiger partial charge in [-0.2, -0.15) is 10.5 Å². The first-order valence-electron chi connectivity index (χ1n) is 8.54. The molecule has 5 aromatic rings. The van der Waals surface area contributed by atoms with E-state index in [1.807, 2.05) is 24.3 Å². The highest BCUT2D eigenvalue weighted by Gasteiger charge is 2.12. The predicted octanol–water partition coefficient (Wildman–Crippen LogP) is 8.41. The van der Waals surface area contributed by atoms with E-state index in [2.05, 4.69) is 48.5 Å². The van der Waals surface area contributed by atoms with Gasteiger partial charge in [0.05, 0.1) is 0 Å². The molecule has 0 atom stereocenters. The van der Waals surface area contributed by atoms with Crippen LogP contribution >= 0.6 is 56.7 Å². The maximum Gasteiger partial charge on any atom is 0.110 e. The summed E-state index contributed by atoms with van der Waals surface area (Å²) in [6.45, 7) is 0. The van der Waals surface area contributed by atoms with Crippen molar-refractivity contribution in [3.05, 3.63) is 70.4 Å². The number of nitrogens with zero attached hydrogens (tertiary/aromatic N) is 2. The molecule has 0 aromatic carbocycles. The molecule has 7 heteroatoms. The molecule has 0 saturated carbocycles. The normalized spacial score (nSPS) is 10.7. The Labute approximate surface area is 187 Å². The quantitative estimate of drug-likeness (QED) is 0.269. The van der Waals surface area contributed by atoms with Gasteiger partial charge in [-0.05, 0) is 60.7 Å². The van der Waals surface area contributed by atoms with Gasteiger partial charge in [0.15, 0.2) is 0 Å². The molecule has 5 rings (SSSR count). The van der Waals surface area contributed by atoms with Crippen molar-refractivity contribution in [3.63, 3.8) is 0 Å². The molecule has 5 aromatic heterocycles. The van der Waals surface area contributed by atoms with Crippen LogP contribution in [0.5, 0.6) is 0 Å². The Kier molecular flexibility index (Phi) is 4.92. The van der Waals surface area contributed by atoms with E-state index >= 15 is 0 Å². The summed E-state index contributed by atoms with van der Waals surface area (Å²) >= 11 is 8.40. The Balaban J connectivity index is 1.40. The molecule has 0 spiro atoms. The summed E-state index contributed by atoms with van der Waals surface area (Å²) in [6.07, 6.45) is 0. The monoisotopic (exact) mass is 462 g/mol. The third kappa shape index (κ3) is 3.60. The van der Waals surface area contributed by atoms with Crippen LogP contribution in [0.4, 0.5) is 0 Å². The van der Waals surface area contributed by atoms with E-state index in [4.69, 9.17) is 10.5 Å². The van der Waals surface area contributed by atoms with Crippen LogP contribution in [0.1, 0.15) is 9.75 Å². The summed E-state index contributed by atoms with van der Waals surface area (Å²) in [5.41, 5.74) is 0. The Morgan fingerprint density at radius 2 is 0.621 bits per heavy atom. The first kappa shape index (κ1) is 18.5. The molecular weight excluding hydrogens is 453 g/mol. The lowest BCUT2D eigenvalue weighted by Gasteiger charge is -1.92. The van der Waals surface area contributed by atoms with Gasteiger partial charge in [0.2, 0.25) is 0 Å². The number of rotatable bonds is 4. The lowest BCUT2D eigenvalue weighted by Crippen LogP contribution is -1.58. The van der Waals surface area contributed by atoms with Gasteiger partial charge >= 0.3 is 0 Å². The number of hydrogen-bond donors (Lipinski definition) is 0. The highest BCUT2D eigenvalue weighted by Crippen LogP contribution is 2.44. The van der Waals surface area contributed by atoms with Crippen molar-refractivity contribution in [2.24, 2.45) is 0 Å². The minimum atomic E-state index is 0.745. The number of nitriles is 2. The van der Waals surface area contributed by atoms with Crippen LogP contribution in [-0.2, 0) is 0 Å². The summed E-state index contributed by atoms with van der Waals surface area (Å²) in [4.78, 5) is 11.2. The Morgan fingerprint density at radius 3 is 0.862 bits per heavy atom. The Morgan fingerprint density at radius 1 is 0.379 bits per heavy atom. The van der Waals surface area contributed by atoms with Crippen LogP contribution in [0.15, 0.2) is 60.7 Å². The third-order valence-corrected chi connectivity index (χ3v) is 10.2. The highest BCUT2D eigenvalue weighted by atomic mass is 32.1. The van der Waals surface area contributed by atoms with Crippen molar-refractivity contribution in [1.82, 2.24) is 0 Å². The SMILES string of the molecule is N#Cc1ccc(-c2ccc(-c3ccc(-c4ccc(-c5ccc(C#N)s5)s4)s3)s2)s1. The van der Waals surface area contributed by atoms with E-state index in [9.17, 15) is 0 Å². The zero-order chi connectivity index (χ0) is 19.8. The van der Waals surface area contributed by atoms with Crippen LogP contribution in [0.2, 0.25) is 0 Å². The lowest BCUT2D eigenvalue weighted by molar-refractivity contribution is 1.52. The number of hydrogen-bond acceptors (Lipinski definition) is 7. The second kappa shape index (κ2) is 7.72. The van der Waals surface area contributed by atoms with Gasteiger partial charge in [-0.1, -0.05) is 0 Å². The smallest absolute Gasteiger partial charge is 0.110 e. The third-order valence-electron chi connectivity index (χ3n) is 4.22. The van der Waals surface area contributed by atoms with Crippen molar-refractivity contribution in [2.75, 3.05) is 0 Å². The van der Waals surface area contributed by atoms with Gasteiger partial charge in [0.1, 0.15) is 21.9 Å². The summed E-state index contributed by atoms with van der Waals surface area (Å²) in [6, 6.07) is 25.2. The molecule has 0 amide bonds. The molecule has 0 radical (unpaired) electrons. The molecule has 138 valence electrons. The van der Waals surface area contributed by atoms with E-state index in [-0.39, 0.29) is 0 Å². The minimum absolute atomic E-state index is 0.745. The molecule has 0 aliphatic carbocycles. The van der Waals surface area contributed by atoms with E-state index in [0.717, 1.165) is 19.5 Å². The van der Waals surface area contributed by atoms with E-state index in [1.165, 1.54) is 51.9 Å². The molecule has 0 N–H and O–H groups in total. The Hall–Kier alpha value is -2.52. The van der Waals surface area contributed by atoms with E-state index in [1.54, 1.807) is 34.0 Å². The molecule has 5 heterocycles. The van der Waals surface area contributed by atoms with Crippen LogP contribution in [0, 0.1) is 22.7 Å². The topological polar surface area (TPSA) is 47.6 Å². The zero-order valence-corrected chi connectivity index (χ0v) is 18.8. The maximum absolute atomic E-state index is 9.03. The van der Waals surface area contributed by atoms with Crippen LogP contribution in [0.25, 0.3) is 39.0 Å². The fourth-order valence-corrected chi connectivity index (χ4v) is 7.85. The average molecular weight is 463 g/mol. The van der Waals surface area contributed by atoms with E-state index < -0.39 is 0 Å². The summed E-state index contributed by atoms with van der Waals surface area (Å²) < 4.78 is 0. The van der Waals surface area contributed by atoms with E-state index in [0.29, 0.717) is 0 Å². The van der Waals surface area contributed by atoms with Gasteiger partial charge in [-0.15, -0.1) is 56.7 Å². The molecule has 0 saturated heterocycles. The standard InChI is InChI=1S/C22H10N2S5/c23-11-13-1-3-15(25-13)17-5-7-19(27-17)21-9-10-22(29-21)20-8-6-18(28-20)16-4-2-14(12-24)26-16/h1-10H. The van der Waals surface area contributed by atoms with Crippen LogP contribution in [-0.4, -0.2) is 0 Å². The van der Waals surface area contributed by atoms with Gasteiger partial charge in [0.25, 0.3) is 0 Å². The largest absolute Gasteiger partial charge is 0.192 e. The maximum atomic E-state index is 9.03. The summed E-state index contributed by atoms with van der Waals surface area (Å²) in [7, 11) is 0. The molecule has 0 bridgehead atoms. The molecule has 0 aliphatic heterocycles. The van der Waals surface area contributed by atoms with Crippen molar-refractivity contribution in [3.8, 4) is 51.2 Å². The van der Waals surface area contributed by atoms with Crippen LogP contribution < -0.4 is 0 Å². The van der Waals surface area contributed by atoms with Crippen molar-refractivity contribution in [2.45, 2.75) is 0 Å². The fourth-order valence-electron chi connectivity index (χ4n) is 2.87. The summed E-state index contributed by atoms with van der Waals surface area (Å²) in [5, 5.41) is 18.1. The highest BCUT2D eigenvalue weighted by molar-refractivity contribution is 7.29. The van der Waals surface area contributed by atoms with Gasteiger partial charge in [-0.3, -0.25) is 0 Å². The lowest BCUT2D eigenvalue weighted by atomic mass is 10.3. The molecule has 0 fully saturated rings. The number of thiophene rings is 5. The Bertz CT molecular complexity index is 1290. The molecule has 29 heavy (non-hydrogen) atoms. The van der Waals surface area contributed by atoms with Gasteiger partial charge in [-0.25, -0.2) is 0 Å². The fraction of sp³-hybridized carbons (Fsp3) is 0. The van der Waals surface area contributed by atoms with Gasteiger partial charge < -0.3 is 0 Å². The molecular formula is C22H10N2S5. The molecule has 0 aliphatic rings. The second-order valence-electron chi connectivity index (χ2n) is 6.04. The second-order valence-corrected chi connectivity index (χ2v) is 11.5. The van der Waals surface area contributed by atoms with Gasteiger partial charge in [0, 0.05) is 39.0 Å². The minimum Gasteiger partial charge on any atom is -0.192 e. The van der Waals surface area contributed by atoms with Crippen molar-refractivity contribution >= 4 is 56.7 Å². The van der Waals surface area contributed by atoms with Crippen molar-refractivity contribution in [1.29, 1.82) is 10.5 Å².